The molecule has 4 rings (SSSR count). The minimum absolute atomic E-state index is 0.0878. The van der Waals surface area contributed by atoms with Crippen LogP contribution in [0.2, 0.25) is 5.02 Å². The fourth-order valence-corrected chi connectivity index (χ4v) is 4.73. The van der Waals surface area contributed by atoms with E-state index in [9.17, 15) is 4.79 Å². The summed E-state index contributed by atoms with van der Waals surface area (Å²) in [5.74, 6) is 0. The second-order valence-corrected chi connectivity index (χ2v) is 9.71. The van der Waals surface area contributed by atoms with E-state index in [-0.39, 0.29) is 11.1 Å². The summed E-state index contributed by atoms with van der Waals surface area (Å²) < 4.78 is 5.57. The average molecular weight is 453 g/mol. The molecular formula is C24H25ClN4OS. The predicted octanol–water partition coefficient (Wildman–Crippen LogP) is 5.36. The van der Waals surface area contributed by atoms with Crippen molar-refractivity contribution < 1.29 is 0 Å². The second-order valence-electron chi connectivity index (χ2n) is 8.44. The van der Waals surface area contributed by atoms with Crippen molar-refractivity contribution in [1.82, 2.24) is 13.9 Å². The molecule has 0 unspecified atom stereocenters. The van der Waals surface area contributed by atoms with Crippen LogP contribution in [0.5, 0.6) is 0 Å². The Hall–Kier alpha value is -2.83. The van der Waals surface area contributed by atoms with E-state index in [0.29, 0.717) is 10.7 Å². The zero-order valence-electron chi connectivity index (χ0n) is 18.3. The molecule has 0 spiro atoms. The van der Waals surface area contributed by atoms with E-state index in [4.69, 9.17) is 16.6 Å². The van der Waals surface area contributed by atoms with Crippen LogP contribution < -0.4 is 10.4 Å². The summed E-state index contributed by atoms with van der Waals surface area (Å²) >= 11 is 7.64. The number of aromatic nitrogens is 3. The highest BCUT2D eigenvalue weighted by Crippen LogP contribution is 2.26. The van der Waals surface area contributed by atoms with Crippen molar-refractivity contribution >= 4 is 22.9 Å². The first-order chi connectivity index (χ1) is 14.7. The lowest BCUT2D eigenvalue weighted by atomic mass is 10.1. The molecule has 0 aliphatic rings. The highest BCUT2D eigenvalue weighted by molar-refractivity contribution is 7.07. The van der Waals surface area contributed by atoms with Gasteiger partial charge in [0.1, 0.15) is 5.69 Å². The van der Waals surface area contributed by atoms with Crippen molar-refractivity contribution in [3.63, 3.8) is 0 Å². The van der Waals surface area contributed by atoms with Crippen molar-refractivity contribution in [2.45, 2.75) is 33.2 Å². The van der Waals surface area contributed by atoms with Crippen LogP contribution in [0.1, 0.15) is 26.5 Å². The summed E-state index contributed by atoms with van der Waals surface area (Å²) in [7, 11) is 1.91. The third-order valence-electron chi connectivity index (χ3n) is 5.03. The molecule has 0 atom stereocenters. The lowest BCUT2D eigenvalue weighted by molar-refractivity contribution is 0.562. The average Bonchev–Trinajstić information content (AvgIpc) is 3.20. The summed E-state index contributed by atoms with van der Waals surface area (Å²) in [4.78, 5) is 19.4. The molecule has 5 nitrogen and oxygen atoms in total. The van der Waals surface area contributed by atoms with Crippen LogP contribution in [0, 0.1) is 6.92 Å². The minimum Gasteiger partial charge on any atom is -0.283 e. The smallest absolute Gasteiger partial charge is 0.283 e. The minimum atomic E-state index is -0.287. The van der Waals surface area contributed by atoms with E-state index in [1.807, 2.05) is 83.2 Å². The van der Waals surface area contributed by atoms with Gasteiger partial charge in [0, 0.05) is 17.5 Å². The molecule has 2 aromatic carbocycles. The largest absolute Gasteiger partial charge is 0.296 e. The molecule has 0 aliphatic carbocycles. The van der Waals surface area contributed by atoms with E-state index < -0.39 is 0 Å². The van der Waals surface area contributed by atoms with Crippen molar-refractivity contribution in [1.29, 1.82) is 0 Å². The quantitative estimate of drug-likeness (QED) is 0.413. The van der Waals surface area contributed by atoms with Crippen LogP contribution in [0.15, 0.2) is 69.8 Å². The molecule has 0 bridgehead atoms. The molecule has 0 saturated carbocycles. The van der Waals surface area contributed by atoms with Crippen molar-refractivity contribution in [3.8, 4) is 22.6 Å². The lowest BCUT2D eigenvalue weighted by Gasteiger charge is -2.13. The number of para-hydroxylation sites is 1. The highest BCUT2D eigenvalue weighted by Gasteiger charge is 2.22. The number of benzene rings is 2. The fraction of sp³-hybridized carbons (Fsp3) is 0.250. The van der Waals surface area contributed by atoms with Gasteiger partial charge < -0.3 is 0 Å². The van der Waals surface area contributed by atoms with Crippen molar-refractivity contribution in [2.24, 2.45) is 12.0 Å². The zero-order valence-corrected chi connectivity index (χ0v) is 19.8. The van der Waals surface area contributed by atoms with Gasteiger partial charge in [-0.15, -0.1) is 11.3 Å². The Labute approximate surface area is 190 Å². The summed E-state index contributed by atoms with van der Waals surface area (Å²) in [6.07, 6.45) is 0. The van der Waals surface area contributed by atoms with Gasteiger partial charge >= 0.3 is 0 Å². The molecule has 31 heavy (non-hydrogen) atoms. The monoisotopic (exact) mass is 452 g/mol. The zero-order chi connectivity index (χ0) is 22.3. The van der Waals surface area contributed by atoms with Gasteiger partial charge in [-0.05, 0) is 57.5 Å². The van der Waals surface area contributed by atoms with Gasteiger partial charge in [0.25, 0.3) is 5.56 Å². The SMILES string of the molecule is Cc1c(-n2c(-c3ccc(Cl)cc3)csc2=NC(C)(C)C)c(=O)n(-c2ccccc2)n1C. The molecule has 7 heteroatoms. The van der Waals surface area contributed by atoms with E-state index in [1.165, 1.54) is 11.3 Å². The topological polar surface area (TPSA) is 44.2 Å². The van der Waals surface area contributed by atoms with Gasteiger partial charge in [-0.3, -0.25) is 19.0 Å². The maximum absolute atomic E-state index is 13.7. The van der Waals surface area contributed by atoms with Crippen LogP contribution in [0.3, 0.4) is 0 Å². The Morgan fingerprint density at radius 3 is 2.26 bits per heavy atom. The third kappa shape index (κ3) is 4.05. The first-order valence-electron chi connectivity index (χ1n) is 10.0. The maximum atomic E-state index is 13.7. The lowest BCUT2D eigenvalue weighted by Crippen LogP contribution is -2.27. The molecule has 160 valence electrons. The van der Waals surface area contributed by atoms with Crippen LogP contribution in [-0.4, -0.2) is 19.5 Å². The molecule has 2 heterocycles. The number of thiazole rings is 1. The van der Waals surface area contributed by atoms with E-state index in [0.717, 1.165) is 27.4 Å². The number of nitrogens with zero attached hydrogens (tertiary/aromatic N) is 4. The molecule has 0 amide bonds. The van der Waals surface area contributed by atoms with Crippen molar-refractivity contribution in [3.05, 3.63) is 85.8 Å². The Kier molecular flexibility index (Phi) is 5.54. The predicted molar refractivity (Wildman–Crippen MR) is 129 cm³/mol. The Morgan fingerprint density at radius 1 is 1.00 bits per heavy atom. The molecule has 0 radical (unpaired) electrons. The molecule has 2 aromatic heterocycles. The number of rotatable bonds is 3. The molecule has 0 N–H and O–H groups in total. The number of halogens is 1. The summed E-state index contributed by atoms with van der Waals surface area (Å²) in [5.41, 5.74) is 3.79. The highest BCUT2D eigenvalue weighted by atomic mass is 35.5. The van der Waals surface area contributed by atoms with Gasteiger partial charge in [-0.25, -0.2) is 4.68 Å². The summed E-state index contributed by atoms with van der Waals surface area (Å²) in [6.45, 7) is 8.13. The van der Waals surface area contributed by atoms with Gasteiger partial charge in [0.05, 0.1) is 22.6 Å². The van der Waals surface area contributed by atoms with Crippen LogP contribution >= 0.6 is 22.9 Å². The van der Waals surface area contributed by atoms with Crippen LogP contribution in [0.4, 0.5) is 0 Å². The van der Waals surface area contributed by atoms with E-state index in [2.05, 4.69) is 20.8 Å². The fourth-order valence-electron chi connectivity index (χ4n) is 3.53. The second kappa shape index (κ2) is 8.02. The normalized spacial score (nSPS) is 12.5. The molecule has 0 aliphatic heterocycles. The molecule has 4 aromatic rings. The summed E-state index contributed by atoms with van der Waals surface area (Å²) in [5, 5.41) is 2.72. The van der Waals surface area contributed by atoms with Gasteiger partial charge in [-0.1, -0.05) is 41.9 Å². The first kappa shape index (κ1) is 21.4. The van der Waals surface area contributed by atoms with Gasteiger partial charge in [0.2, 0.25) is 0 Å². The Morgan fingerprint density at radius 2 is 1.65 bits per heavy atom. The maximum Gasteiger partial charge on any atom is 0.296 e. The molecule has 0 saturated heterocycles. The van der Waals surface area contributed by atoms with Gasteiger partial charge in [0.15, 0.2) is 4.80 Å². The number of hydrogen-bond acceptors (Lipinski definition) is 3. The Bertz CT molecular complexity index is 1350. The standard InChI is InChI=1S/C24H25ClN4OS/c1-16-21(22(30)29(27(16)5)19-9-7-6-8-10-19)28-20(17-11-13-18(25)14-12-17)15-31-23(28)26-24(2,3)4/h6-15H,1-5H3. The molecule has 0 fully saturated rings. The first-order valence-corrected chi connectivity index (χ1v) is 11.3. The third-order valence-corrected chi connectivity index (χ3v) is 6.10. The summed E-state index contributed by atoms with van der Waals surface area (Å²) in [6, 6.07) is 17.3. The van der Waals surface area contributed by atoms with E-state index in [1.54, 1.807) is 4.68 Å². The van der Waals surface area contributed by atoms with Crippen molar-refractivity contribution in [2.75, 3.05) is 0 Å². The number of hydrogen-bond donors (Lipinski definition) is 0. The van der Waals surface area contributed by atoms with Gasteiger partial charge in [-0.2, -0.15) is 0 Å². The molecular weight excluding hydrogens is 428 g/mol. The Balaban J connectivity index is 2.07. The van der Waals surface area contributed by atoms with Crippen LogP contribution in [0.25, 0.3) is 22.6 Å². The van der Waals surface area contributed by atoms with E-state index >= 15 is 0 Å². The van der Waals surface area contributed by atoms with Crippen LogP contribution in [-0.2, 0) is 7.05 Å².